The molecule has 0 radical (unpaired) electrons. The van der Waals surface area contributed by atoms with Crippen molar-refractivity contribution in [2.45, 2.75) is 13.8 Å². The van der Waals surface area contributed by atoms with Gasteiger partial charge in [-0.05, 0) is 38.1 Å². The minimum absolute atomic E-state index is 0.130. The Labute approximate surface area is 139 Å². The lowest BCUT2D eigenvalue weighted by Crippen LogP contribution is -2.09. The number of ether oxygens (including phenoxy) is 1. The van der Waals surface area contributed by atoms with Crippen LogP contribution in [0, 0.1) is 6.92 Å². The van der Waals surface area contributed by atoms with Gasteiger partial charge >= 0.3 is 5.97 Å². The largest absolute Gasteiger partial charge is 0.508 e. The molecule has 0 unspecified atom stereocenters. The second-order valence-corrected chi connectivity index (χ2v) is 5.27. The molecule has 0 aliphatic heterocycles. The molecule has 24 heavy (non-hydrogen) atoms. The van der Waals surface area contributed by atoms with Crippen molar-refractivity contribution in [3.8, 4) is 5.75 Å². The normalized spacial score (nSPS) is 10.6. The number of aromatic nitrogens is 2. The van der Waals surface area contributed by atoms with Crippen LogP contribution in [0.2, 0.25) is 0 Å². The lowest BCUT2D eigenvalue weighted by atomic mass is 10.1. The molecule has 2 heterocycles. The van der Waals surface area contributed by atoms with Crippen molar-refractivity contribution in [1.29, 1.82) is 0 Å². The van der Waals surface area contributed by atoms with Gasteiger partial charge in [0.1, 0.15) is 11.3 Å². The van der Waals surface area contributed by atoms with Crippen LogP contribution in [0.4, 0.5) is 11.4 Å². The first-order valence-corrected chi connectivity index (χ1v) is 7.58. The summed E-state index contributed by atoms with van der Waals surface area (Å²) in [5, 5.41) is 13.5. The Morgan fingerprint density at radius 3 is 2.88 bits per heavy atom. The fourth-order valence-electron chi connectivity index (χ4n) is 2.40. The maximum atomic E-state index is 12.3. The number of aryl methyl sites for hydroxylation is 1. The minimum atomic E-state index is -0.463. The molecule has 3 rings (SSSR count). The fourth-order valence-corrected chi connectivity index (χ4v) is 2.40. The molecule has 0 aliphatic carbocycles. The molecule has 122 valence electrons. The number of phenols is 1. The molecule has 1 aromatic carbocycles. The zero-order chi connectivity index (χ0) is 17.1. The van der Waals surface area contributed by atoms with Crippen LogP contribution in [0.15, 0.2) is 42.6 Å². The summed E-state index contributed by atoms with van der Waals surface area (Å²) in [5.74, 6) is -0.333. The van der Waals surface area contributed by atoms with Gasteiger partial charge < -0.3 is 15.2 Å². The van der Waals surface area contributed by atoms with Crippen LogP contribution in [-0.2, 0) is 4.74 Å². The van der Waals surface area contributed by atoms with Crippen molar-refractivity contribution in [2.75, 3.05) is 11.9 Å². The molecular formula is C18H17N3O3. The smallest absolute Gasteiger partial charge is 0.341 e. The summed E-state index contributed by atoms with van der Waals surface area (Å²) in [5.41, 5.74) is 2.89. The summed E-state index contributed by atoms with van der Waals surface area (Å²) in [6.07, 6.45) is 1.46. The van der Waals surface area contributed by atoms with Crippen LogP contribution in [0.3, 0.4) is 0 Å². The monoisotopic (exact) mass is 323 g/mol. The summed E-state index contributed by atoms with van der Waals surface area (Å²) in [6.45, 7) is 3.90. The average Bonchev–Trinajstić information content (AvgIpc) is 2.55. The molecule has 0 amide bonds. The van der Waals surface area contributed by atoms with E-state index in [4.69, 9.17) is 4.74 Å². The number of carbonyl (C=O) groups excluding carboxylic acids is 1. The fraction of sp³-hybridized carbons (Fsp3) is 0.167. The third-order valence-electron chi connectivity index (χ3n) is 3.48. The van der Waals surface area contributed by atoms with E-state index in [1.807, 2.05) is 19.1 Å². The van der Waals surface area contributed by atoms with Crippen molar-refractivity contribution < 1.29 is 14.6 Å². The minimum Gasteiger partial charge on any atom is -0.508 e. The molecular weight excluding hydrogens is 306 g/mol. The van der Waals surface area contributed by atoms with Gasteiger partial charge in [-0.3, -0.25) is 0 Å². The number of aromatic hydroxyl groups is 1. The van der Waals surface area contributed by atoms with Gasteiger partial charge in [-0.1, -0.05) is 6.07 Å². The molecule has 0 bridgehead atoms. The van der Waals surface area contributed by atoms with E-state index in [0.29, 0.717) is 28.0 Å². The zero-order valence-electron chi connectivity index (χ0n) is 13.4. The van der Waals surface area contributed by atoms with E-state index in [1.54, 1.807) is 31.2 Å². The van der Waals surface area contributed by atoms with Crippen molar-refractivity contribution >= 4 is 28.4 Å². The van der Waals surface area contributed by atoms with E-state index in [9.17, 15) is 9.90 Å². The molecule has 0 fully saturated rings. The topological polar surface area (TPSA) is 84.3 Å². The van der Waals surface area contributed by atoms with Crippen molar-refractivity contribution in [1.82, 2.24) is 9.97 Å². The molecule has 6 heteroatoms. The summed E-state index contributed by atoms with van der Waals surface area (Å²) < 4.78 is 5.11. The second kappa shape index (κ2) is 6.54. The zero-order valence-corrected chi connectivity index (χ0v) is 13.4. The number of rotatable bonds is 4. The number of anilines is 2. The van der Waals surface area contributed by atoms with Crippen molar-refractivity contribution in [3.05, 3.63) is 53.9 Å². The Hall–Kier alpha value is -3.15. The van der Waals surface area contributed by atoms with E-state index >= 15 is 0 Å². The van der Waals surface area contributed by atoms with Crippen LogP contribution in [-0.4, -0.2) is 27.7 Å². The Kier molecular flexibility index (Phi) is 4.29. The first-order chi connectivity index (χ1) is 11.6. The maximum absolute atomic E-state index is 12.3. The Morgan fingerprint density at radius 2 is 2.12 bits per heavy atom. The molecule has 0 aliphatic rings. The summed E-state index contributed by atoms with van der Waals surface area (Å²) in [7, 11) is 0. The number of phenolic OH excluding ortho intramolecular Hbond substituents is 1. The van der Waals surface area contributed by atoms with Crippen LogP contribution in [0.25, 0.3) is 11.0 Å². The van der Waals surface area contributed by atoms with Gasteiger partial charge in [0.2, 0.25) is 0 Å². The number of hydrogen-bond acceptors (Lipinski definition) is 6. The standard InChI is InChI=1S/C18H17N3O3/c1-3-24-18(23)15-10-19-17-14(8-7-11(2)20-17)16(15)21-12-5-4-6-13(22)9-12/h4-10,22H,3H2,1-2H3,(H,19,20,21). The highest BCUT2D eigenvalue weighted by molar-refractivity contribution is 6.05. The number of hydrogen-bond donors (Lipinski definition) is 2. The number of benzene rings is 1. The SMILES string of the molecule is CCOC(=O)c1cnc2nc(C)ccc2c1Nc1cccc(O)c1. The van der Waals surface area contributed by atoms with E-state index in [2.05, 4.69) is 15.3 Å². The van der Waals surface area contributed by atoms with Crippen molar-refractivity contribution in [2.24, 2.45) is 0 Å². The number of nitrogens with one attached hydrogen (secondary N) is 1. The number of carbonyl (C=O) groups is 1. The van der Waals surface area contributed by atoms with Crippen LogP contribution < -0.4 is 5.32 Å². The Bertz CT molecular complexity index is 909. The maximum Gasteiger partial charge on any atom is 0.341 e. The third kappa shape index (κ3) is 3.12. The summed E-state index contributed by atoms with van der Waals surface area (Å²) in [6, 6.07) is 10.4. The molecule has 3 aromatic rings. The van der Waals surface area contributed by atoms with Gasteiger partial charge in [0.25, 0.3) is 0 Å². The van der Waals surface area contributed by atoms with Gasteiger partial charge in [-0.15, -0.1) is 0 Å². The predicted molar refractivity (Wildman–Crippen MR) is 91.6 cm³/mol. The molecule has 2 N–H and O–H groups in total. The molecule has 6 nitrogen and oxygen atoms in total. The molecule has 0 spiro atoms. The molecule has 0 saturated carbocycles. The lowest BCUT2D eigenvalue weighted by Gasteiger charge is -2.14. The highest BCUT2D eigenvalue weighted by Gasteiger charge is 2.17. The highest BCUT2D eigenvalue weighted by Crippen LogP contribution is 2.30. The first kappa shape index (κ1) is 15.7. The quantitative estimate of drug-likeness (QED) is 0.714. The van der Waals surface area contributed by atoms with E-state index in [0.717, 1.165) is 5.69 Å². The van der Waals surface area contributed by atoms with Crippen LogP contribution in [0.5, 0.6) is 5.75 Å². The Balaban J connectivity index is 2.16. The molecule has 2 aromatic heterocycles. The number of fused-ring (bicyclic) bond motifs is 1. The van der Waals surface area contributed by atoms with Crippen molar-refractivity contribution in [3.63, 3.8) is 0 Å². The number of esters is 1. The molecule has 0 atom stereocenters. The predicted octanol–water partition coefficient (Wildman–Crippen LogP) is 3.56. The lowest BCUT2D eigenvalue weighted by molar-refractivity contribution is 0.0527. The number of nitrogens with zero attached hydrogens (tertiary/aromatic N) is 2. The first-order valence-electron chi connectivity index (χ1n) is 7.58. The second-order valence-electron chi connectivity index (χ2n) is 5.27. The van der Waals surface area contributed by atoms with Gasteiger partial charge in [0, 0.05) is 29.0 Å². The van der Waals surface area contributed by atoms with Gasteiger partial charge in [0.05, 0.1) is 12.3 Å². The van der Waals surface area contributed by atoms with E-state index < -0.39 is 5.97 Å². The van der Waals surface area contributed by atoms with E-state index in [-0.39, 0.29) is 12.4 Å². The Morgan fingerprint density at radius 1 is 1.29 bits per heavy atom. The number of pyridine rings is 2. The highest BCUT2D eigenvalue weighted by atomic mass is 16.5. The van der Waals surface area contributed by atoms with E-state index in [1.165, 1.54) is 6.20 Å². The van der Waals surface area contributed by atoms with Gasteiger partial charge in [-0.2, -0.15) is 0 Å². The summed E-state index contributed by atoms with van der Waals surface area (Å²) >= 11 is 0. The average molecular weight is 323 g/mol. The van der Waals surface area contributed by atoms with Crippen LogP contribution >= 0.6 is 0 Å². The third-order valence-corrected chi connectivity index (χ3v) is 3.48. The van der Waals surface area contributed by atoms with Gasteiger partial charge in [-0.25, -0.2) is 14.8 Å². The van der Waals surface area contributed by atoms with Gasteiger partial charge in [0.15, 0.2) is 5.65 Å². The summed E-state index contributed by atoms with van der Waals surface area (Å²) in [4.78, 5) is 20.9. The molecule has 0 saturated heterocycles. The van der Waals surface area contributed by atoms with Crippen LogP contribution in [0.1, 0.15) is 23.0 Å².